The second-order valence-electron chi connectivity index (χ2n) is 5.85. The third-order valence-electron chi connectivity index (χ3n) is 3.57. The molecule has 2 heterocycles. The average Bonchev–Trinajstić information content (AvgIpc) is 2.99. The van der Waals surface area contributed by atoms with Gasteiger partial charge in [0.15, 0.2) is 4.34 Å². The summed E-state index contributed by atoms with van der Waals surface area (Å²) >= 11 is 2.69. The lowest BCUT2D eigenvalue weighted by molar-refractivity contribution is -0.140. The van der Waals surface area contributed by atoms with E-state index in [0.717, 1.165) is 0 Å². The number of benzene rings is 1. The molecule has 0 unspecified atom stereocenters. The van der Waals surface area contributed by atoms with Gasteiger partial charge in [0.2, 0.25) is 11.0 Å². The van der Waals surface area contributed by atoms with Crippen molar-refractivity contribution in [2.75, 3.05) is 24.2 Å². The number of carbonyl (C=O) groups excluding carboxylic acids is 1. The molecule has 2 atom stereocenters. The predicted molar refractivity (Wildman–Crippen MR) is 96.9 cm³/mol. The summed E-state index contributed by atoms with van der Waals surface area (Å²) in [6.07, 6.45) is 0.114. The monoisotopic (exact) mass is 382 g/mol. The van der Waals surface area contributed by atoms with Crippen LogP contribution in [0, 0.1) is 5.82 Å². The molecule has 9 heteroatoms. The number of halogens is 1. The highest BCUT2D eigenvalue weighted by Crippen LogP contribution is 2.28. The summed E-state index contributed by atoms with van der Waals surface area (Å²) in [5.74, 6) is 0.0686. The van der Waals surface area contributed by atoms with Gasteiger partial charge in [-0.1, -0.05) is 29.2 Å². The Morgan fingerprint density at radius 2 is 2.16 bits per heavy atom. The van der Waals surface area contributed by atoms with E-state index in [9.17, 15) is 9.18 Å². The number of aromatic nitrogens is 2. The van der Waals surface area contributed by atoms with Crippen LogP contribution in [0.1, 0.15) is 13.8 Å². The van der Waals surface area contributed by atoms with Crippen LogP contribution in [0.2, 0.25) is 0 Å². The molecule has 1 amide bonds. The SMILES string of the molecule is C[C@H]1CN(C(=O)CSc2nnc(Nc3cccc(F)c3)s2)C[C@H](C)O1. The van der Waals surface area contributed by atoms with Gasteiger partial charge in [-0.3, -0.25) is 4.79 Å². The maximum Gasteiger partial charge on any atom is 0.233 e. The lowest BCUT2D eigenvalue weighted by atomic mass is 10.2. The Balaban J connectivity index is 1.52. The van der Waals surface area contributed by atoms with Crippen molar-refractivity contribution in [2.45, 2.75) is 30.4 Å². The van der Waals surface area contributed by atoms with Gasteiger partial charge >= 0.3 is 0 Å². The van der Waals surface area contributed by atoms with Crippen molar-refractivity contribution in [3.63, 3.8) is 0 Å². The number of carbonyl (C=O) groups is 1. The van der Waals surface area contributed by atoms with Crippen molar-refractivity contribution in [1.82, 2.24) is 15.1 Å². The minimum atomic E-state index is -0.316. The second-order valence-corrected chi connectivity index (χ2v) is 8.05. The van der Waals surface area contributed by atoms with Crippen LogP contribution < -0.4 is 5.32 Å². The van der Waals surface area contributed by atoms with Crippen LogP contribution in [0.4, 0.5) is 15.2 Å². The number of nitrogens with one attached hydrogen (secondary N) is 1. The number of anilines is 2. The van der Waals surface area contributed by atoms with E-state index in [4.69, 9.17) is 4.74 Å². The lowest BCUT2D eigenvalue weighted by Crippen LogP contribution is -2.48. The van der Waals surface area contributed by atoms with Crippen molar-refractivity contribution in [1.29, 1.82) is 0 Å². The molecule has 25 heavy (non-hydrogen) atoms. The molecule has 1 N–H and O–H groups in total. The van der Waals surface area contributed by atoms with E-state index < -0.39 is 0 Å². The van der Waals surface area contributed by atoms with E-state index in [-0.39, 0.29) is 23.9 Å². The van der Waals surface area contributed by atoms with E-state index in [1.807, 2.05) is 18.7 Å². The number of morpholine rings is 1. The summed E-state index contributed by atoms with van der Waals surface area (Å²) in [5.41, 5.74) is 0.611. The first-order valence-corrected chi connectivity index (χ1v) is 9.72. The smallest absolute Gasteiger partial charge is 0.233 e. The van der Waals surface area contributed by atoms with Crippen molar-refractivity contribution in [3.8, 4) is 0 Å². The maximum atomic E-state index is 13.2. The number of amides is 1. The highest BCUT2D eigenvalue weighted by atomic mass is 32.2. The molecule has 1 saturated heterocycles. The topological polar surface area (TPSA) is 67.4 Å². The fourth-order valence-corrected chi connectivity index (χ4v) is 4.28. The Morgan fingerprint density at radius 3 is 2.88 bits per heavy atom. The van der Waals surface area contributed by atoms with Crippen molar-refractivity contribution in [2.24, 2.45) is 0 Å². The highest BCUT2D eigenvalue weighted by molar-refractivity contribution is 8.01. The summed E-state index contributed by atoms with van der Waals surface area (Å²) in [6.45, 7) is 5.18. The summed E-state index contributed by atoms with van der Waals surface area (Å²) in [5, 5.41) is 11.7. The Kier molecular flexibility index (Phi) is 5.87. The molecule has 6 nitrogen and oxygen atoms in total. The minimum Gasteiger partial charge on any atom is -0.372 e. The molecule has 134 valence electrons. The summed E-state index contributed by atoms with van der Waals surface area (Å²) in [4.78, 5) is 14.2. The van der Waals surface area contributed by atoms with Gasteiger partial charge in [0.1, 0.15) is 5.82 Å². The van der Waals surface area contributed by atoms with E-state index in [1.165, 1.54) is 35.2 Å². The third-order valence-corrected chi connectivity index (χ3v) is 5.53. The van der Waals surface area contributed by atoms with Gasteiger partial charge < -0.3 is 15.0 Å². The summed E-state index contributed by atoms with van der Waals surface area (Å²) in [6, 6.07) is 6.14. The van der Waals surface area contributed by atoms with Gasteiger partial charge in [0.25, 0.3) is 0 Å². The van der Waals surface area contributed by atoms with Gasteiger partial charge in [-0.25, -0.2) is 4.39 Å². The largest absolute Gasteiger partial charge is 0.372 e. The fourth-order valence-electron chi connectivity index (χ4n) is 2.60. The molecule has 0 aliphatic carbocycles. The van der Waals surface area contributed by atoms with E-state index >= 15 is 0 Å². The molecule has 0 radical (unpaired) electrons. The summed E-state index contributed by atoms with van der Waals surface area (Å²) < 4.78 is 19.5. The van der Waals surface area contributed by atoms with Crippen LogP contribution in [-0.4, -0.2) is 52.1 Å². The number of hydrogen-bond donors (Lipinski definition) is 1. The van der Waals surface area contributed by atoms with Crippen LogP contribution in [0.25, 0.3) is 0 Å². The van der Waals surface area contributed by atoms with E-state index in [0.29, 0.717) is 34.0 Å². The average molecular weight is 382 g/mol. The van der Waals surface area contributed by atoms with Crippen LogP contribution in [0.5, 0.6) is 0 Å². The van der Waals surface area contributed by atoms with Gasteiger partial charge in [-0.05, 0) is 32.0 Å². The molecule has 0 saturated carbocycles. The Hall–Kier alpha value is -1.71. The number of rotatable bonds is 5. The molecule has 0 bridgehead atoms. The number of thioether (sulfide) groups is 1. The minimum absolute atomic E-state index is 0.0568. The normalized spacial score (nSPS) is 20.5. The quantitative estimate of drug-likeness (QED) is 0.802. The van der Waals surface area contributed by atoms with Crippen LogP contribution in [-0.2, 0) is 9.53 Å². The molecular formula is C16H19FN4O2S2. The second kappa shape index (κ2) is 8.11. The first-order valence-electron chi connectivity index (χ1n) is 7.91. The maximum absolute atomic E-state index is 13.2. The Morgan fingerprint density at radius 1 is 1.40 bits per heavy atom. The Bertz CT molecular complexity index is 732. The first kappa shape index (κ1) is 18.1. The Labute approximate surface area is 153 Å². The van der Waals surface area contributed by atoms with Crippen LogP contribution in [0.3, 0.4) is 0 Å². The predicted octanol–water partition coefficient (Wildman–Crippen LogP) is 3.15. The van der Waals surface area contributed by atoms with Gasteiger partial charge in [0.05, 0.1) is 18.0 Å². The number of nitrogens with zero attached hydrogens (tertiary/aromatic N) is 3. The van der Waals surface area contributed by atoms with Crippen LogP contribution in [0.15, 0.2) is 28.6 Å². The highest BCUT2D eigenvalue weighted by Gasteiger charge is 2.25. The molecule has 0 spiro atoms. The van der Waals surface area contributed by atoms with Crippen LogP contribution >= 0.6 is 23.1 Å². The van der Waals surface area contributed by atoms with Crippen molar-refractivity contribution in [3.05, 3.63) is 30.1 Å². The number of hydrogen-bond acceptors (Lipinski definition) is 7. The first-order chi connectivity index (χ1) is 12.0. The molecule has 1 aliphatic heterocycles. The van der Waals surface area contributed by atoms with Crippen molar-refractivity contribution >= 4 is 39.8 Å². The molecular weight excluding hydrogens is 363 g/mol. The van der Waals surface area contributed by atoms with Crippen molar-refractivity contribution < 1.29 is 13.9 Å². The molecule has 2 aromatic rings. The zero-order valence-electron chi connectivity index (χ0n) is 13.9. The molecule has 3 rings (SSSR count). The van der Waals surface area contributed by atoms with E-state index in [2.05, 4.69) is 15.5 Å². The molecule has 1 fully saturated rings. The lowest BCUT2D eigenvalue weighted by Gasteiger charge is -2.35. The molecule has 1 aliphatic rings. The zero-order valence-corrected chi connectivity index (χ0v) is 15.6. The fraction of sp³-hybridized carbons (Fsp3) is 0.438. The van der Waals surface area contributed by atoms with Gasteiger partial charge in [-0.15, -0.1) is 10.2 Å². The number of ether oxygens (including phenoxy) is 1. The van der Waals surface area contributed by atoms with Gasteiger partial charge in [-0.2, -0.15) is 0 Å². The van der Waals surface area contributed by atoms with Gasteiger partial charge in [0, 0.05) is 18.8 Å². The molecule has 1 aromatic carbocycles. The third kappa shape index (κ3) is 5.13. The summed E-state index contributed by atoms with van der Waals surface area (Å²) in [7, 11) is 0. The standard InChI is InChI=1S/C16H19FN4O2S2/c1-10-7-21(8-11(2)23-10)14(22)9-24-16-20-19-15(25-16)18-13-5-3-4-12(17)6-13/h3-6,10-11H,7-9H2,1-2H3,(H,18,19)/t10-,11-/m0/s1. The zero-order chi connectivity index (χ0) is 17.8. The van der Waals surface area contributed by atoms with E-state index in [1.54, 1.807) is 12.1 Å². The molecule has 1 aromatic heterocycles.